The van der Waals surface area contributed by atoms with Gasteiger partial charge in [-0.3, -0.25) is 14.8 Å². The summed E-state index contributed by atoms with van der Waals surface area (Å²) in [6.45, 7) is 0. The molecular weight excluding hydrogens is 440 g/mol. The van der Waals surface area contributed by atoms with Gasteiger partial charge in [0.2, 0.25) is 0 Å². The van der Waals surface area contributed by atoms with Gasteiger partial charge in [0.25, 0.3) is 15.7 Å². The molecule has 33 heavy (non-hydrogen) atoms. The minimum Gasteiger partial charge on any atom is -0.275 e. The highest BCUT2D eigenvalue weighted by molar-refractivity contribution is 7.90. The fourth-order valence-corrected chi connectivity index (χ4v) is 5.30. The van der Waals surface area contributed by atoms with Crippen molar-refractivity contribution in [2.75, 3.05) is 0 Å². The molecule has 5 rings (SSSR count). The first-order chi connectivity index (χ1) is 15.9. The largest absolute Gasteiger partial charge is 0.275 e. The van der Waals surface area contributed by atoms with Crippen LogP contribution in [0.3, 0.4) is 0 Å². The number of aromatic nitrogens is 3. The van der Waals surface area contributed by atoms with E-state index in [9.17, 15) is 18.5 Å². The lowest BCUT2D eigenvalue weighted by molar-refractivity contribution is -0.384. The van der Waals surface area contributed by atoms with E-state index >= 15 is 0 Å². The molecule has 0 aliphatic heterocycles. The van der Waals surface area contributed by atoms with Crippen LogP contribution in [0.5, 0.6) is 0 Å². The number of nitro groups is 1. The summed E-state index contributed by atoms with van der Waals surface area (Å²) >= 11 is 0. The molecule has 2 aromatic heterocycles. The minimum absolute atomic E-state index is 0.00141. The highest BCUT2D eigenvalue weighted by Crippen LogP contribution is 2.37. The van der Waals surface area contributed by atoms with Gasteiger partial charge in [0, 0.05) is 48.1 Å². The number of fused-ring (bicyclic) bond motifs is 1. The molecule has 0 saturated heterocycles. The summed E-state index contributed by atoms with van der Waals surface area (Å²) in [4.78, 5) is 10.8. The molecule has 2 heterocycles. The third-order valence-electron chi connectivity index (χ3n) is 5.47. The third kappa shape index (κ3) is 3.48. The van der Waals surface area contributed by atoms with Crippen molar-refractivity contribution < 1.29 is 13.3 Å². The molecule has 0 spiro atoms. The van der Waals surface area contributed by atoms with Gasteiger partial charge in [-0.15, -0.1) is 0 Å². The van der Waals surface area contributed by atoms with Crippen molar-refractivity contribution in [2.45, 2.75) is 4.90 Å². The second kappa shape index (κ2) is 7.72. The van der Waals surface area contributed by atoms with Gasteiger partial charge in [0.1, 0.15) is 5.69 Å². The maximum atomic E-state index is 13.2. The van der Waals surface area contributed by atoms with Crippen molar-refractivity contribution in [1.29, 1.82) is 0 Å². The van der Waals surface area contributed by atoms with Gasteiger partial charge in [-0.2, -0.15) is 5.10 Å². The molecule has 0 fully saturated rings. The van der Waals surface area contributed by atoms with Gasteiger partial charge in [0.15, 0.2) is 0 Å². The normalized spacial score (nSPS) is 11.7. The molecule has 0 amide bonds. The van der Waals surface area contributed by atoms with Crippen LogP contribution in [-0.2, 0) is 17.1 Å². The van der Waals surface area contributed by atoms with Crippen molar-refractivity contribution in [3.05, 3.63) is 101 Å². The molecule has 5 aromatic rings. The first-order valence-corrected chi connectivity index (χ1v) is 11.5. The molecule has 0 N–H and O–H groups in total. The molecule has 0 atom stereocenters. The van der Waals surface area contributed by atoms with Crippen LogP contribution < -0.4 is 0 Å². The second-order valence-electron chi connectivity index (χ2n) is 7.54. The lowest BCUT2D eigenvalue weighted by atomic mass is 9.99. The summed E-state index contributed by atoms with van der Waals surface area (Å²) in [6.07, 6.45) is 3.41. The topological polar surface area (TPSA) is 100 Å². The van der Waals surface area contributed by atoms with E-state index in [1.807, 2.05) is 12.3 Å². The second-order valence-corrected chi connectivity index (χ2v) is 9.35. The molecule has 0 unspecified atom stereocenters. The average molecular weight is 458 g/mol. The Labute approximate surface area is 189 Å². The number of nitrogens with zero attached hydrogens (tertiary/aromatic N) is 4. The fraction of sp³-hybridized carbons (Fsp3) is 0.0417. The van der Waals surface area contributed by atoms with E-state index in [2.05, 4.69) is 5.10 Å². The summed E-state index contributed by atoms with van der Waals surface area (Å²) in [6, 6.07) is 21.8. The molecule has 0 aliphatic carbocycles. The highest BCUT2D eigenvalue weighted by Gasteiger charge is 2.21. The lowest BCUT2D eigenvalue weighted by Gasteiger charge is -2.09. The maximum absolute atomic E-state index is 13.2. The summed E-state index contributed by atoms with van der Waals surface area (Å²) < 4.78 is 29.4. The SMILES string of the molecule is Cn1cc(-c2cccc3c2ccn3S(=O)(=O)c2ccccc2)c(-c2ccc([N+](=O)[O-])cc2)n1. The van der Waals surface area contributed by atoms with Crippen LogP contribution in [0.15, 0.2) is 96.2 Å². The number of non-ortho nitro benzene ring substituents is 1. The maximum Gasteiger partial charge on any atom is 0.269 e. The number of rotatable bonds is 5. The minimum atomic E-state index is -3.76. The Kier molecular flexibility index (Phi) is 4.83. The third-order valence-corrected chi connectivity index (χ3v) is 7.17. The highest BCUT2D eigenvalue weighted by atomic mass is 32.2. The van der Waals surface area contributed by atoms with Crippen molar-refractivity contribution in [2.24, 2.45) is 7.05 Å². The van der Waals surface area contributed by atoms with Crippen LogP contribution in [-0.4, -0.2) is 27.1 Å². The molecule has 0 saturated carbocycles. The number of benzene rings is 3. The zero-order chi connectivity index (χ0) is 23.2. The van der Waals surface area contributed by atoms with Gasteiger partial charge < -0.3 is 0 Å². The van der Waals surface area contributed by atoms with E-state index in [-0.39, 0.29) is 10.6 Å². The molecular formula is C24H18N4O4S. The van der Waals surface area contributed by atoms with E-state index in [4.69, 9.17) is 0 Å². The average Bonchev–Trinajstić information content (AvgIpc) is 3.44. The Hall–Kier alpha value is -4.24. The van der Waals surface area contributed by atoms with Gasteiger partial charge >= 0.3 is 0 Å². The quantitative estimate of drug-likeness (QED) is 0.277. The summed E-state index contributed by atoms with van der Waals surface area (Å²) in [5, 5.41) is 16.3. The molecule has 9 heteroatoms. The number of hydrogen-bond acceptors (Lipinski definition) is 5. The first kappa shape index (κ1) is 20.7. The van der Waals surface area contributed by atoms with Gasteiger partial charge in [0.05, 0.1) is 15.3 Å². The van der Waals surface area contributed by atoms with E-state index in [1.165, 1.54) is 16.1 Å². The zero-order valence-corrected chi connectivity index (χ0v) is 18.3. The van der Waals surface area contributed by atoms with Crippen LogP contribution in [0.1, 0.15) is 0 Å². The summed E-state index contributed by atoms with van der Waals surface area (Å²) in [5.74, 6) is 0. The number of aryl methyl sites for hydroxylation is 1. The lowest BCUT2D eigenvalue weighted by Crippen LogP contribution is -2.11. The van der Waals surface area contributed by atoms with Crippen LogP contribution >= 0.6 is 0 Å². The van der Waals surface area contributed by atoms with Crippen molar-refractivity contribution >= 4 is 26.6 Å². The molecule has 0 aliphatic rings. The first-order valence-electron chi connectivity index (χ1n) is 10.1. The zero-order valence-electron chi connectivity index (χ0n) is 17.5. The van der Waals surface area contributed by atoms with Crippen molar-refractivity contribution in [3.63, 3.8) is 0 Å². The Morgan fingerprint density at radius 1 is 0.879 bits per heavy atom. The predicted octanol–water partition coefficient (Wildman–Crippen LogP) is 4.85. The molecule has 164 valence electrons. The van der Waals surface area contributed by atoms with Crippen LogP contribution in [0, 0.1) is 10.1 Å². The van der Waals surface area contributed by atoms with Crippen LogP contribution in [0.25, 0.3) is 33.3 Å². The Morgan fingerprint density at radius 2 is 1.61 bits per heavy atom. The summed E-state index contributed by atoms with van der Waals surface area (Å²) in [7, 11) is -1.96. The standard InChI is InChI=1S/C24H18N4O4S/c1-26-16-22(24(25-26)17-10-12-18(13-11-17)28(29)30)20-8-5-9-23-21(20)14-15-27(23)33(31,32)19-6-3-2-4-7-19/h2-16H,1H3. The molecule has 8 nitrogen and oxygen atoms in total. The van der Waals surface area contributed by atoms with Crippen LogP contribution in [0.4, 0.5) is 5.69 Å². The van der Waals surface area contributed by atoms with Gasteiger partial charge in [-0.1, -0.05) is 30.3 Å². The molecule has 0 radical (unpaired) electrons. The monoisotopic (exact) mass is 458 g/mol. The molecule has 0 bridgehead atoms. The number of hydrogen-bond donors (Lipinski definition) is 0. The predicted molar refractivity (Wildman–Crippen MR) is 125 cm³/mol. The van der Waals surface area contributed by atoms with Crippen molar-refractivity contribution in [3.8, 4) is 22.4 Å². The molecule has 3 aromatic carbocycles. The van der Waals surface area contributed by atoms with Gasteiger partial charge in [-0.25, -0.2) is 12.4 Å². The Bertz CT molecular complexity index is 1600. The number of nitro benzene ring substituents is 1. The van der Waals surface area contributed by atoms with E-state index in [0.29, 0.717) is 11.2 Å². The van der Waals surface area contributed by atoms with Gasteiger partial charge in [-0.05, 0) is 42.0 Å². The Morgan fingerprint density at radius 3 is 2.30 bits per heavy atom. The Balaban J connectivity index is 1.67. The van der Waals surface area contributed by atoms with E-state index < -0.39 is 14.9 Å². The van der Waals surface area contributed by atoms with Crippen LogP contribution in [0.2, 0.25) is 0 Å². The van der Waals surface area contributed by atoms with E-state index in [1.54, 1.807) is 78.6 Å². The summed E-state index contributed by atoms with van der Waals surface area (Å²) in [5.41, 5.74) is 3.54. The van der Waals surface area contributed by atoms with Crippen molar-refractivity contribution in [1.82, 2.24) is 13.8 Å². The smallest absolute Gasteiger partial charge is 0.269 e. The van der Waals surface area contributed by atoms with E-state index in [0.717, 1.165) is 22.1 Å². The fourth-order valence-electron chi connectivity index (χ4n) is 3.93.